The van der Waals surface area contributed by atoms with Gasteiger partial charge in [0.25, 0.3) is 0 Å². The second kappa shape index (κ2) is 13.4. The van der Waals surface area contributed by atoms with E-state index in [1.165, 1.54) is 97.9 Å². The summed E-state index contributed by atoms with van der Waals surface area (Å²) in [6.45, 7) is 4.73. The summed E-state index contributed by atoms with van der Waals surface area (Å²) in [5.41, 5.74) is 17.1. The van der Waals surface area contributed by atoms with Crippen molar-refractivity contribution in [1.29, 1.82) is 0 Å². The maximum absolute atomic E-state index is 4.25. The van der Waals surface area contributed by atoms with E-state index in [1.54, 1.807) is 0 Å². The van der Waals surface area contributed by atoms with E-state index in [0.717, 1.165) is 11.4 Å². The van der Waals surface area contributed by atoms with Crippen molar-refractivity contribution in [1.82, 2.24) is 9.55 Å². The van der Waals surface area contributed by atoms with E-state index < -0.39 is 0 Å². The van der Waals surface area contributed by atoms with Crippen molar-refractivity contribution in [2.24, 2.45) is 0 Å². The monoisotopic (exact) mass is 785 g/mol. The summed E-state index contributed by atoms with van der Waals surface area (Å²) in [7, 11) is 0. The highest BCUT2D eigenvalue weighted by atomic mass is 32.1. The number of thiophene rings is 1. The first-order valence-corrected chi connectivity index (χ1v) is 21.4. The van der Waals surface area contributed by atoms with E-state index >= 15 is 0 Å². The number of para-hydroxylation sites is 2. The van der Waals surface area contributed by atoms with Crippen LogP contribution in [0.1, 0.15) is 25.0 Å². The highest BCUT2D eigenvalue weighted by molar-refractivity contribution is 7.26. The molecule has 0 saturated carbocycles. The zero-order chi connectivity index (χ0) is 40.0. The van der Waals surface area contributed by atoms with Gasteiger partial charge in [0.2, 0.25) is 0 Å². The van der Waals surface area contributed by atoms with E-state index in [4.69, 9.17) is 0 Å². The summed E-state index contributed by atoms with van der Waals surface area (Å²) in [6.07, 6.45) is 3.73. The maximum Gasteiger partial charge on any atom is 0.0554 e. The summed E-state index contributed by atoms with van der Waals surface area (Å²) < 4.78 is 4.92. The Kier molecular flexibility index (Phi) is 7.75. The molecule has 4 heteroatoms. The first-order valence-electron chi connectivity index (χ1n) is 20.6. The number of hydrogen-bond acceptors (Lipinski definition) is 3. The third-order valence-corrected chi connectivity index (χ3v) is 13.8. The molecular formula is C56H39N3S. The second-order valence-electron chi connectivity index (χ2n) is 16.4. The van der Waals surface area contributed by atoms with Crippen LogP contribution in [0.3, 0.4) is 0 Å². The van der Waals surface area contributed by atoms with E-state index in [0.29, 0.717) is 0 Å². The molecule has 0 bridgehead atoms. The Labute approximate surface area is 353 Å². The van der Waals surface area contributed by atoms with E-state index in [2.05, 4.69) is 216 Å². The minimum atomic E-state index is -0.121. The van der Waals surface area contributed by atoms with Gasteiger partial charge in [-0.2, -0.15) is 0 Å². The number of nitrogens with zero attached hydrogens (tertiary/aromatic N) is 3. The molecule has 8 aromatic carbocycles. The third-order valence-electron chi connectivity index (χ3n) is 12.7. The Hall–Kier alpha value is -7.27. The van der Waals surface area contributed by atoms with Crippen LogP contribution in [0.2, 0.25) is 0 Å². The normalized spacial score (nSPS) is 13.0. The molecule has 0 spiro atoms. The Bertz CT molecular complexity index is 3450. The van der Waals surface area contributed by atoms with Crippen LogP contribution in [0.5, 0.6) is 0 Å². The fourth-order valence-corrected chi connectivity index (χ4v) is 11.0. The number of benzene rings is 8. The fourth-order valence-electron chi connectivity index (χ4n) is 9.79. The molecule has 12 rings (SSSR count). The van der Waals surface area contributed by atoms with Crippen LogP contribution in [-0.4, -0.2) is 9.55 Å². The van der Waals surface area contributed by atoms with Gasteiger partial charge in [0.15, 0.2) is 0 Å². The molecule has 284 valence electrons. The largest absolute Gasteiger partial charge is 0.310 e. The van der Waals surface area contributed by atoms with Gasteiger partial charge in [0, 0.05) is 65.8 Å². The molecule has 3 aromatic heterocycles. The molecule has 0 aliphatic heterocycles. The highest BCUT2D eigenvalue weighted by Gasteiger charge is 2.36. The van der Waals surface area contributed by atoms with Gasteiger partial charge in [0.1, 0.15) is 0 Å². The molecule has 3 heterocycles. The van der Waals surface area contributed by atoms with Gasteiger partial charge < -0.3 is 9.47 Å². The van der Waals surface area contributed by atoms with Crippen molar-refractivity contribution < 1.29 is 0 Å². The zero-order valence-corrected chi connectivity index (χ0v) is 34.1. The molecule has 1 aliphatic rings. The van der Waals surface area contributed by atoms with Gasteiger partial charge >= 0.3 is 0 Å². The fraction of sp³-hybridized carbons (Fsp3) is 0.0536. The molecular weight excluding hydrogens is 747 g/mol. The van der Waals surface area contributed by atoms with Crippen LogP contribution < -0.4 is 4.90 Å². The molecule has 0 saturated heterocycles. The van der Waals surface area contributed by atoms with Crippen molar-refractivity contribution >= 4 is 70.4 Å². The predicted octanol–water partition coefficient (Wildman–Crippen LogP) is 15.7. The van der Waals surface area contributed by atoms with Gasteiger partial charge in [-0.3, -0.25) is 4.98 Å². The number of fused-ring (bicyclic) bond motifs is 9. The van der Waals surface area contributed by atoms with Gasteiger partial charge in [-0.05, 0) is 129 Å². The zero-order valence-electron chi connectivity index (χ0n) is 33.3. The summed E-state index contributed by atoms with van der Waals surface area (Å²) in [4.78, 5) is 6.73. The third kappa shape index (κ3) is 5.31. The Balaban J connectivity index is 1.02. The van der Waals surface area contributed by atoms with Crippen molar-refractivity contribution in [2.75, 3.05) is 4.90 Å². The molecule has 11 aromatic rings. The summed E-state index contributed by atoms with van der Waals surface area (Å²) in [5.74, 6) is 0. The second-order valence-corrected chi connectivity index (χ2v) is 17.5. The van der Waals surface area contributed by atoms with Crippen molar-refractivity contribution in [2.45, 2.75) is 19.3 Å². The maximum atomic E-state index is 4.25. The number of aromatic nitrogens is 2. The average Bonchev–Trinajstić information content (AvgIpc) is 3.92. The molecule has 0 unspecified atom stereocenters. The molecule has 1 aliphatic carbocycles. The molecule has 0 amide bonds. The number of pyridine rings is 1. The van der Waals surface area contributed by atoms with Crippen molar-refractivity contribution in [3.63, 3.8) is 0 Å². The molecule has 3 nitrogen and oxygen atoms in total. The first kappa shape index (κ1) is 34.7. The average molecular weight is 786 g/mol. The standard InChI is InChI=1S/C56H39N3S/c1-56(2)48-15-8-6-13-43(48)44-27-25-42(35-49(44)56)58(52-17-10-18-53-55(52)46-26-21-39(34-54(46)60-53)37-29-31-57-32-30-37)41-23-19-36(20-24-41)38-22-28-51-47(33-38)45-14-7-9-16-50(45)59(51)40-11-4-3-5-12-40/h3-35H,1-2H3. The van der Waals surface area contributed by atoms with Crippen LogP contribution in [0.25, 0.3) is 81.0 Å². The highest BCUT2D eigenvalue weighted by Crippen LogP contribution is 2.52. The van der Waals surface area contributed by atoms with Gasteiger partial charge in [0.05, 0.1) is 16.7 Å². The van der Waals surface area contributed by atoms with Crippen LogP contribution in [0.4, 0.5) is 17.1 Å². The molecule has 0 atom stereocenters. The molecule has 0 radical (unpaired) electrons. The van der Waals surface area contributed by atoms with Gasteiger partial charge in [-0.25, -0.2) is 0 Å². The van der Waals surface area contributed by atoms with E-state index in [1.807, 2.05) is 23.7 Å². The van der Waals surface area contributed by atoms with Crippen molar-refractivity contribution in [3.05, 3.63) is 212 Å². The summed E-state index contributed by atoms with van der Waals surface area (Å²) in [5, 5.41) is 5.04. The quantitative estimate of drug-likeness (QED) is 0.167. The number of rotatable bonds is 6. The topological polar surface area (TPSA) is 21.1 Å². The van der Waals surface area contributed by atoms with Crippen molar-refractivity contribution in [3.8, 4) is 39.1 Å². The molecule has 60 heavy (non-hydrogen) atoms. The van der Waals surface area contributed by atoms with Crippen LogP contribution in [-0.2, 0) is 5.41 Å². The van der Waals surface area contributed by atoms with E-state index in [9.17, 15) is 0 Å². The predicted molar refractivity (Wildman–Crippen MR) is 255 cm³/mol. The minimum absolute atomic E-state index is 0.121. The Morgan fingerprint density at radius 1 is 0.467 bits per heavy atom. The first-order chi connectivity index (χ1) is 29.5. The van der Waals surface area contributed by atoms with Crippen LogP contribution in [0, 0.1) is 0 Å². The smallest absolute Gasteiger partial charge is 0.0554 e. The number of hydrogen-bond donors (Lipinski definition) is 0. The van der Waals surface area contributed by atoms with Gasteiger partial charge in [-0.15, -0.1) is 11.3 Å². The van der Waals surface area contributed by atoms with Gasteiger partial charge in [-0.1, -0.05) is 117 Å². The Morgan fingerprint density at radius 2 is 1.15 bits per heavy atom. The lowest BCUT2D eigenvalue weighted by Crippen LogP contribution is -2.16. The lowest BCUT2D eigenvalue weighted by atomic mass is 9.82. The van der Waals surface area contributed by atoms with Crippen LogP contribution >= 0.6 is 11.3 Å². The summed E-state index contributed by atoms with van der Waals surface area (Å²) in [6, 6.07) is 69.3. The lowest BCUT2D eigenvalue weighted by Gasteiger charge is -2.29. The van der Waals surface area contributed by atoms with Crippen LogP contribution in [0.15, 0.2) is 200 Å². The summed E-state index contributed by atoms with van der Waals surface area (Å²) >= 11 is 1.86. The lowest BCUT2D eigenvalue weighted by molar-refractivity contribution is 0.660. The Morgan fingerprint density at radius 3 is 2.02 bits per heavy atom. The number of anilines is 3. The van der Waals surface area contributed by atoms with E-state index in [-0.39, 0.29) is 5.41 Å². The molecule has 0 N–H and O–H groups in total. The molecule has 0 fully saturated rings. The minimum Gasteiger partial charge on any atom is -0.310 e. The SMILES string of the molecule is CC1(C)c2ccccc2-c2ccc(N(c3ccc(-c4ccc5c(c4)c4ccccc4n5-c4ccccc4)cc3)c3cccc4sc5cc(-c6ccncc6)ccc5c34)cc21.